The van der Waals surface area contributed by atoms with Crippen LogP contribution in [0.25, 0.3) is 0 Å². The van der Waals surface area contributed by atoms with Gasteiger partial charge in [-0.25, -0.2) is 0 Å². The van der Waals surface area contributed by atoms with E-state index in [0.29, 0.717) is 34.6 Å². The maximum atomic E-state index is 12.5. The first-order valence-electron chi connectivity index (χ1n) is 6.52. The zero-order valence-electron chi connectivity index (χ0n) is 10.9. The van der Waals surface area contributed by atoms with Crippen LogP contribution in [0.4, 0.5) is 0 Å². The number of benzene rings is 1. The van der Waals surface area contributed by atoms with Crippen molar-refractivity contribution in [2.45, 2.75) is 25.8 Å². The summed E-state index contributed by atoms with van der Waals surface area (Å²) in [6, 6.07) is 5.16. The number of carbonyl (C=O) groups excluding carboxylic acids is 1. The molecule has 1 amide bonds. The Morgan fingerprint density at radius 3 is 2.84 bits per heavy atom. The van der Waals surface area contributed by atoms with Gasteiger partial charge in [0.25, 0.3) is 5.91 Å². The predicted molar refractivity (Wildman–Crippen MR) is 78.7 cm³/mol. The smallest absolute Gasteiger partial charge is 0.255 e. The minimum absolute atomic E-state index is 0.0352. The topological polar surface area (TPSA) is 46.3 Å². The molecule has 1 aromatic rings. The van der Waals surface area contributed by atoms with Gasteiger partial charge in [0.1, 0.15) is 0 Å². The Labute approximate surface area is 123 Å². The number of rotatable bonds is 2. The molecule has 0 radical (unpaired) electrons. The van der Waals surface area contributed by atoms with Crippen LogP contribution in [0.15, 0.2) is 18.2 Å². The van der Waals surface area contributed by atoms with E-state index in [0.717, 1.165) is 12.8 Å². The highest BCUT2D eigenvalue weighted by atomic mass is 35.5. The Morgan fingerprint density at radius 2 is 2.21 bits per heavy atom. The van der Waals surface area contributed by atoms with Gasteiger partial charge in [0.2, 0.25) is 0 Å². The first-order chi connectivity index (χ1) is 9.02. The van der Waals surface area contributed by atoms with E-state index in [-0.39, 0.29) is 11.9 Å². The van der Waals surface area contributed by atoms with Crippen LogP contribution in [0.2, 0.25) is 10.0 Å². The fraction of sp³-hybridized carbons (Fsp3) is 0.500. The summed E-state index contributed by atoms with van der Waals surface area (Å²) < 4.78 is 0. The van der Waals surface area contributed by atoms with Crippen LogP contribution in [-0.4, -0.2) is 29.9 Å². The van der Waals surface area contributed by atoms with Crippen molar-refractivity contribution in [1.82, 2.24) is 4.90 Å². The maximum Gasteiger partial charge on any atom is 0.255 e. The van der Waals surface area contributed by atoms with Crippen LogP contribution in [0.1, 0.15) is 30.1 Å². The summed E-state index contributed by atoms with van der Waals surface area (Å²) in [7, 11) is 0. The molecule has 2 N–H and O–H groups in total. The SMILES string of the molecule is CCC1CN(C(=O)c2ccc(Cl)cc2Cl)CCC1N. The summed E-state index contributed by atoms with van der Waals surface area (Å²) in [5.74, 6) is 0.329. The van der Waals surface area contributed by atoms with Crippen molar-refractivity contribution in [1.29, 1.82) is 0 Å². The first-order valence-corrected chi connectivity index (χ1v) is 7.28. The highest BCUT2D eigenvalue weighted by molar-refractivity contribution is 6.36. The van der Waals surface area contributed by atoms with Crippen molar-refractivity contribution in [3.63, 3.8) is 0 Å². The molecule has 1 aliphatic heterocycles. The third-order valence-electron chi connectivity index (χ3n) is 3.77. The molecule has 19 heavy (non-hydrogen) atoms. The number of hydrogen-bond donors (Lipinski definition) is 1. The fourth-order valence-corrected chi connectivity index (χ4v) is 2.99. The number of amides is 1. The average Bonchev–Trinajstić information content (AvgIpc) is 2.38. The number of hydrogen-bond acceptors (Lipinski definition) is 2. The Balaban J connectivity index is 2.15. The highest BCUT2D eigenvalue weighted by Gasteiger charge is 2.29. The van der Waals surface area contributed by atoms with Gasteiger partial charge < -0.3 is 10.6 Å². The molecular formula is C14H18Cl2N2O. The largest absolute Gasteiger partial charge is 0.338 e. The molecule has 3 nitrogen and oxygen atoms in total. The van der Waals surface area contributed by atoms with Gasteiger partial charge in [-0.3, -0.25) is 4.79 Å². The van der Waals surface area contributed by atoms with Gasteiger partial charge in [-0.2, -0.15) is 0 Å². The van der Waals surface area contributed by atoms with Crippen molar-refractivity contribution in [3.05, 3.63) is 33.8 Å². The second kappa shape index (κ2) is 6.12. The molecule has 0 spiro atoms. The normalized spacial score (nSPS) is 23.5. The molecule has 1 fully saturated rings. The molecule has 2 atom stereocenters. The van der Waals surface area contributed by atoms with Gasteiger partial charge >= 0.3 is 0 Å². The molecular weight excluding hydrogens is 283 g/mol. The van der Waals surface area contributed by atoms with Crippen molar-refractivity contribution < 1.29 is 4.79 Å². The van der Waals surface area contributed by atoms with E-state index >= 15 is 0 Å². The molecule has 2 rings (SSSR count). The van der Waals surface area contributed by atoms with Crippen LogP contribution in [0, 0.1) is 5.92 Å². The Morgan fingerprint density at radius 1 is 1.47 bits per heavy atom. The van der Waals surface area contributed by atoms with E-state index in [9.17, 15) is 4.79 Å². The molecule has 1 aliphatic rings. The van der Waals surface area contributed by atoms with Gasteiger partial charge in [0, 0.05) is 24.2 Å². The van der Waals surface area contributed by atoms with Gasteiger partial charge in [0.05, 0.1) is 10.6 Å². The van der Waals surface area contributed by atoms with Crippen LogP contribution in [0.3, 0.4) is 0 Å². The average molecular weight is 301 g/mol. The third-order valence-corrected chi connectivity index (χ3v) is 4.31. The van der Waals surface area contributed by atoms with Crippen molar-refractivity contribution in [2.24, 2.45) is 11.7 Å². The second-order valence-corrected chi connectivity index (χ2v) is 5.84. The molecule has 2 unspecified atom stereocenters. The van der Waals surface area contributed by atoms with Crippen LogP contribution in [0.5, 0.6) is 0 Å². The van der Waals surface area contributed by atoms with Crippen LogP contribution >= 0.6 is 23.2 Å². The second-order valence-electron chi connectivity index (χ2n) is 5.00. The van der Waals surface area contributed by atoms with E-state index in [1.807, 2.05) is 4.90 Å². The molecule has 0 saturated carbocycles. The van der Waals surface area contributed by atoms with Gasteiger partial charge in [0.15, 0.2) is 0 Å². The summed E-state index contributed by atoms with van der Waals surface area (Å²) in [5, 5.41) is 0.939. The van der Waals surface area contributed by atoms with E-state index in [1.165, 1.54) is 0 Å². The molecule has 5 heteroatoms. The lowest BCUT2D eigenvalue weighted by Gasteiger charge is -2.36. The quantitative estimate of drug-likeness (QED) is 0.912. The Hall–Kier alpha value is -0.770. The van der Waals surface area contributed by atoms with Crippen molar-refractivity contribution >= 4 is 29.1 Å². The first kappa shape index (κ1) is 14.6. The molecule has 1 heterocycles. The number of nitrogens with two attached hydrogens (primary N) is 1. The molecule has 0 bridgehead atoms. The monoisotopic (exact) mass is 300 g/mol. The van der Waals surface area contributed by atoms with Crippen molar-refractivity contribution in [2.75, 3.05) is 13.1 Å². The van der Waals surface area contributed by atoms with Gasteiger partial charge in [-0.1, -0.05) is 36.5 Å². The third kappa shape index (κ3) is 3.22. The molecule has 1 saturated heterocycles. The predicted octanol–water partition coefficient (Wildman–Crippen LogP) is 3.19. The molecule has 0 aliphatic carbocycles. The van der Waals surface area contributed by atoms with Gasteiger partial charge in [-0.15, -0.1) is 0 Å². The standard InChI is InChI=1S/C14H18Cl2N2O/c1-2-9-8-18(6-5-13(9)17)14(19)11-4-3-10(15)7-12(11)16/h3-4,7,9,13H,2,5-6,8,17H2,1H3. The number of nitrogens with zero attached hydrogens (tertiary/aromatic N) is 1. The summed E-state index contributed by atoms with van der Waals surface area (Å²) >= 11 is 11.9. The summed E-state index contributed by atoms with van der Waals surface area (Å²) in [6.45, 7) is 3.50. The Bertz CT molecular complexity index is 479. The number of piperidine rings is 1. The number of likely N-dealkylation sites (tertiary alicyclic amines) is 1. The lowest BCUT2D eigenvalue weighted by molar-refractivity contribution is 0.0649. The van der Waals surface area contributed by atoms with E-state index in [4.69, 9.17) is 28.9 Å². The summed E-state index contributed by atoms with van der Waals surface area (Å²) in [5.41, 5.74) is 6.57. The van der Waals surface area contributed by atoms with Crippen molar-refractivity contribution in [3.8, 4) is 0 Å². The molecule has 0 aromatic heterocycles. The van der Waals surface area contributed by atoms with Crippen LogP contribution in [-0.2, 0) is 0 Å². The summed E-state index contributed by atoms with van der Waals surface area (Å²) in [6.07, 6.45) is 1.83. The van der Waals surface area contributed by atoms with Gasteiger partial charge in [-0.05, 0) is 30.5 Å². The van der Waals surface area contributed by atoms with E-state index in [1.54, 1.807) is 18.2 Å². The number of carbonyl (C=O) groups is 1. The minimum atomic E-state index is -0.0352. The molecule has 1 aromatic carbocycles. The highest BCUT2D eigenvalue weighted by Crippen LogP contribution is 2.25. The Kier molecular flexibility index (Phi) is 4.71. The minimum Gasteiger partial charge on any atom is -0.338 e. The zero-order valence-corrected chi connectivity index (χ0v) is 12.4. The summed E-state index contributed by atoms with van der Waals surface area (Å²) in [4.78, 5) is 14.3. The van der Waals surface area contributed by atoms with E-state index < -0.39 is 0 Å². The lowest BCUT2D eigenvalue weighted by atomic mass is 9.90. The maximum absolute atomic E-state index is 12.5. The van der Waals surface area contributed by atoms with E-state index in [2.05, 4.69) is 6.92 Å². The lowest BCUT2D eigenvalue weighted by Crippen LogP contribution is -2.49. The van der Waals surface area contributed by atoms with Crippen LogP contribution < -0.4 is 5.73 Å². The fourth-order valence-electron chi connectivity index (χ4n) is 2.50. The molecule has 104 valence electrons. The number of halogens is 2. The zero-order chi connectivity index (χ0) is 14.0.